The number of ether oxygens (including phenoxy) is 1. The van der Waals surface area contributed by atoms with E-state index in [-0.39, 0.29) is 19.1 Å². The molecule has 0 saturated carbocycles. The first-order valence-electron chi connectivity index (χ1n) is 10.5. The molecule has 0 aliphatic carbocycles. The molecular weight excluding hydrogens is 430 g/mol. The Balaban J connectivity index is 1.55. The van der Waals surface area contributed by atoms with Gasteiger partial charge in [0.2, 0.25) is 5.91 Å². The third-order valence-corrected chi connectivity index (χ3v) is 6.14. The van der Waals surface area contributed by atoms with Crippen molar-refractivity contribution in [2.75, 3.05) is 19.8 Å². The van der Waals surface area contributed by atoms with Crippen molar-refractivity contribution in [3.05, 3.63) is 64.4 Å². The van der Waals surface area contributed by atoms with Crippen molar-refractivity contribution < 1.29 is 19.4 Å². The van der Waals surface area contributed by atoms with Crippen LogP contribution in [-0.2, 0) is 33.8 Å². The van der Waals surface area contributed by atoms with Gasteiger partial charge in [-0.25, -0.2) is 4.98 Å². The van der Waals surface area contributed by atoms with E-state index in [1.165, 1.54) is 5.56 Å². The lowest BCUT2D eigenvalue weighted by Crippen LogP contribution is -2.40. The minimum absolute atomic E-state index is 0.0199. The van der Waals surface area contributed by atoms with Gasteiger partial charge < -0.3 is 19.3 Å². The average Bonchev–Trinajstić information content (AvgIpc) is 3.08. The highest BCUT2D eigenvalue weighted by Crippen LogP contribution is 2.30. The summed E-state index contributed by atoms with van der Waals surface area (Å²) in [6.45, 7) is 4.68. The number of carboxylic acids is 1. The van der Waals surface area contributed by atoms with Crippen molar-refractivity contribution in [3.8, 4) is 0 Å². The molecule has 2 aromatic heterocycles. The van der Waals surface area contributed by atoms with Crippen LogP contribution in [0.1, 0.15) is 30.7 Å². The first-order valence-corrected chi connectivity index (χ1v) is 10.9. The molecule has 0 bridgehead atoms. The van der Waals surface area contributed by atoms with Crippen LogP contribution >= 0.6 is 11.6 Å². The average molecular weight is 456 g/mol. The Kier molecular flexibility index (Phi) is 6.22. The van der Waals surface area contributed by atoms with Crippen LogP contribution < -0.4 is 0 Å². The highest BCUT2D eigenvalue weighted by molar-refractivity contribution is 6.30. The highest BCUT2D eigenvalue weighted by atomic mass is 35.5. The van der Waals surface area contributed by atoms with Gasteiger partial charge in [0.1, 0.15) is 12.3 Å². The zero-order valence-corrected chi connectivity index (χ0v) is 18.9. The fourth-order valence-electron chi connectivity index (χ4n) is 3.96. The van der Waals surface area contributed by atoms with Gasteiger partial charge in [0, 0.05) is 35.4 Å². The molecule has 0 spiro atoms. The number of rotatable bonds is 7. The monoisotopic (exact) mass is 455 g/mol. The minimum atomic E-state index is -1.04. The maximum atomic E-state index is 12.8. The van der Waals surface area contributed by atoms with Gasteiger partial charge in [0.15, 0.2) is 0 Å². The molecule has 1 aliphatic rings. The number of aliphatic carboxylic acids is 1. The van der Waals surface area contributed by atoms with Gasteiger partial charge in [0.05, 0.1) is 18.6 Å². The number of halogens is 1. The maximum absolute atomic E-state index is 12.8. The summed E-state index contributed by atoms with van der Waals surface area (Å²) in [6, 6.07) is 11.7. The molecule has 0 saturated heterocycles. The molecule has 0 atom stereocenters. The van der Waals surface area contributed by atoms with E-state index in [1.807, 2.05) is 30.3 Å². The summed E-state index contributed by atoms with van der Waals surface area (Å²) in [6.07, 6.45) is 2.52. The van der Waals surface area contributed by atoms with Gasteiger partial charge in [0.25, 0.3) is 0 Å². The van der Waals surface area contributed by atoms with Crippen LogP contribution in [0.25, 0.3) is 11.0 Å². The SMILES string of the molecule is CC(C)(COCC(=O)N1CCc2c(n(Cc3ccc(Cl)cc3)c3ncccc23)C1)C(=O)O. The Morgan fingerprint density at radius 2 is 1.97 bits per heavy atom. The summed E-state index contributed by atoms with van der Waals surface area (Å²) >= 11 is 6.04. The summed E-state index contributed by atoms with van der Waals surface area (Å²) in [7, 11) is 0. The minimum Gasteiger partial charge on any atom is -0.481 e. The Morgan fingerprint density at radius 1 is 1.22 bits per heavy atom. The quantitative estimate of drug-likeness (QED) is 0.586. The number of hydrogen-bond acceptors (Lipinski definition) is 4. The van der Waals surface area contributed by atoms with E-state index < -0.39 is 11.4 Å². The number of aromatic nitrogens is 2. The van der Waals surface area contributed by atoms with Crippen LogP contribution in [0.3, 0.4) is 0 Å². The number of nitrogens with zero attached hydrogens (tertiary/aromatic N) is 3. The zero-order valence-electron chi connectivity index (χ0n) is 18.2. The van der Waals surface area contributed by atoms with E-state index in [2.05, 4.69) is 15.6 Å². The molecule has 1 aromatic carbocycles. The smallest absolute Gasteiger partial charge is 0.311 e. The second kappa shape index (κ2) is 8.92. The van der Waals surface area contributed by atoms with E-state index in [1.54, 1.807) is 24.9 Å². The molecule has 0 fully saturated rings. The number of pyridine rings is 1. The Morgan fingerprint density at radius 3 is 2.69 bits per heavy atom. The molecule has 7 nitrogen and oxygen atoms in total. The van der Waals surface area contributed by atoms with Gasteiger partial charge in [-0.15, -0.1) is 0 Å². The lowest BCUT2D eigenvalue weighted by atomic mass is 9.95. The van der Waals surface area contributed by atoms with Crippen LogP contribution in [-0.4, -0.2) is 51.2 Å². The van der Waals surface area contributed by atoms with Gasteiger partial charge >= 0.3 is 5.97 Å². The molecule has 0 unspecified atom stereocenters. The third kappa shape index (κ3) is 4.49. The fraction of sp³-hybridized carbons (Fsp3) is 0.375. The normalized spacial score (nSPS) is 13.9. The first-order chi connectivity index (χ1) is 15.3. The van der Waals surface area contributed by atoms with E-state index in [0.717, 1.165) is 28.7 Å². The van der Waals surface area contributed by atoms with Crippen molar-refractivity contribution in [2.24, 2.45) is 5.41 Å². The standard InChI is InChI=1S/C24H26ClN3O4/c1-24(2,23(30)31)15-32-14-21(29)27-11-9-18-19-4-3-10-26-22(19)28(20(18)13-27)12-16-5-7-17(25)8-6-16/h3-8,10H,9,11-15H2,1-2H3,(H,30,31). The number of benzene rings is 1. The van der Waals surface area contributed by atoms with E-state index >= 15 is 0 Å². The predicted octanol–water partition coefficient (Wildman–Crippen LogP) is 3.75. The van der Waals surface area contributed by atoms with E-state index in [4.69, 9.17) is 16.3 Å². The summed E-state index contributed by atoms with van der Waals surface area (Å²) in [5, 5.41) is 11.0. The van der Waals surface area contributed by atoms with Crippen LogP contribution in [0.2, 0.25) is 5.02 Å². The third-order valence-electron chi connectivity index (χ3n) is 5.89. The Hall–Kier alpha value is -2.90. The lowest BCUT2D eigenvalue weighted by molar-refractivity contribution is -0.153. The van der Waals surface area contributed by atoms with E-state index in [9.17, 15) is 14.7 Å². The second-order valence-electron chi connectivity index (χ2n) is 8.76. The summed E-state index contributed by atoms with van der Waals surface area (Å²) < 4.78 is 7.62. The second-order valence-corrected chi connectivity index (χ2v) is 9.20. The number of carbonyl (C=O) groups is 2. The summed E-state index contributed by atoms with van der Waals surface area (Å²) in [4.78, 5) is 30.4. The lowest BCUT2D eigenvalue weighted by Gasteiger charge is -2.29. The number of carboxylic acid groups (broad SMARTS) is 1. The maximum Gasteiger partial charge on any atom is 0.311 e. The van der Waals surface area contributed by atoms with Crippen LogP contribution in [0, 0.1) is 5.41 Å². The molecule has 1 aliphatic heterocycles. The molecule has 1 amide bonds. The van der Waals surface area contributed by atoms with Crippen LogP contribution in [0.4, 0.5) is 0 Å². The van der Waals surface area contributed by atoms with E-state index in [0.29, 0.717) is 24.7 Å². The molecule has 8 heteroatoms. The largest absolute Gasteiger partial charge is 0.481 e. The molecule has 3 heterocycles. The summed E-state index contributed by atoms with van der Waals surface area (Å²) in [5.41, 5.74) is 3.26. The molecule has 3 aromatic rings. The molecule has 0 radical (unpaired) electrons. The van der Waals surface area contributed by atoms with Crippen molar-refractivity contribution in [1.29, 1.82) is 0 Å². The zero-order chi connectivity index (χ0) is 22.9. The van der Waals surface area contributed by atoms with Crippen molar-refractivity contribution in [1.82, 2.24) is 14.5 Å². The highest BCUT2D eigenvalue weighted by Gasteiger charge is 2.30. The Labute approximate surface area is 191 Å². The predicted molar refractivity (Wildman–Crippen MR) is 122 cm³/mol. The number of amides is 1. The first kappa shape index (κ1) is 22.3. The number of fused-ring (bicyclic) bond motifs is 3. The fourth-order valence-corrected chi connectivity index (χ4v) is 4.09. The Bertz CT molecular complexity index is 1150. The van der Waals surface area contributed by atoms with Crippen LogP contribution in [0.15, 0.2) is 42.6 Å². The topological polar surface area (TPSA) is 84.7 Å². The van der Waals surface area contributed by atoms with Crippen molar-refractivity contribution in [3.63, 3.8) is 0 Å². The molecule has 4 rings (SSSR count). The van der Waals surface area contributed by atoms with Crippen LogP contribution in [0.5, 0.6) is 0 Å². The van der Waals surface area contributed by atoms with Crippen molar-refractivity contribution >= 4 is 34.5 Å². The summed E-state index contributed by atoms with van der Waals surface area (Å²) in [5.74, 6) is -1.10. The molecule has 1 N–H and O–H groups in total. The molecule has 168 valence electrons. The number of carbonyl (C=O) groups excluding carboxylic acids is 1. The van der Waals surface area contributed by atoms with Gasteiger partial charge in [-0.2, -0.15) is 0 Å². The van der Waals surface area contributed by atoms with Gasteiger partial charge in [-0.05, 0) is 55.7 Å². The molecular formula is C24H26ClN3O4. The van der Waals surface area contributed by atoms with Crippen molar-refractivity contribution in [2.45, 2.75) is 33.4 Å². The number of hydrogen-bond donors (Lipinski definition) is 1. The molecule has 32 heavy (non-hydrogen) atoms. The van der Waals surface area contributed by atoms with Gasteiger partial charge in [-0.1, -0.05) is 23.7 Å². The van der Waals surface area contributed by atoms with Gasteiger partial charge in [-0.3, -0.25) is 9.59 Å².